The van der Waals surface area contributed by atoms with Crippen LogP contribution in [-0.4, -0.2) is 25.2 Å². The highest BCUT2D eigenvalue weighted by Crippen LogP contribution is 2.40. The zero-order valence-electron chi connectivity index (χ0n) is 11.5. The van der Waals surface area contributed by atoms with Gasteiger partial charge in [0.2, 0.25) is 6.79 Å². The Balaban J connectivity index is 2.49. The standard InChI is InChI=1S/C14H15FO5/c1-4-18-13(17)11(16)9-5-8(14(2,3)15)6-10-12(9)20-7-19-10/h5-6H,4,7H2,1-3H3. The van der Waals surface area contributed by atoms with E-state index < -0.39 is 17.4 Å². The Morgan fingerprint density at radius 3 is 2.65 bits per heavy atom. The van der Waals surface area contributed by atoms with Crippen molar-refractivity contribution in [1.82, 2.24) is 0 Å². The summed E-state index contributed by atoms with van der Waals surface area (Å²) in [5, 5.41) is 0. The van der Waals surface area contributed by atoms with E-state index in [9.17, 15) is 14.0 Å². The first kappa shape index (κ1) is 14.3. The summed E-state index contributed by atoms with van der Waals surface area (Å²) in [7, 11) is 0. The number of hydrogen-bond donors (Lipinski definition) is 0. The molecule has 0 aliphatic carbocycles. The van der Waals surface area contributed by atoms with Crippen LogP contribution in [0.15, 0.2) is 12.1 Å². The molecule has 0 spiro atoms. The van der Waals surface area contributed by atoms with E-state index in [-0.39, 0.29) is 36.0 Å². The molecule has 1 aromatic rings. The number of benzene rings is 1. The number of carbonyl (C=O) groups excluding carboxylic acids is 2. The van der Waals surface area contributed by atoms with Gasteiger partial charge in [0, 0.05) is 0 Å². The van der Waals surface area contributed by atoms with Crippen LogP contribution in [0.25, 0.3) is 0 Å². The number of halogens is 1. The summed E-state index contributed by atoms with van der Waals surface area (Å²) in [4.78, 5) is 23.6. The molecule has 108 valence electrons. The summed E-state index contributed by atoms with van der Waals surface area (Å²) in [6, 6.07) is 2.76. The number of ether oxygens (including phenoxy) is 3. The van der Waals surface area contributed by atoms with E-state index in [2.05, 4.69) is 4.74 Å². The maximum atomic E-state index is 14.1. The van der Waals surface area contributed by atoms with Crippen molar-refractivity contribution in [2.24, 2.45) is 0 Å². The van der Waals surface area contributed by atoms with Crippen molar-refractivity contribution >= 4 is 11.8 Å². The number of hydrogen-bond acceptors (Lipinski definition) is 5. The molecule has 0 N–H and O–H groups in total. The van der Waals surface area contributed by atoms with E-state index in [4.69, 9.17) is 9.47 Å². The fraction of sp³-hybridized carbons (Fsp3) is 0.429. The zero-order valence-corrected chi connectivity index (χ0v) is 11.5. The monoisotopic (exact) mass is 282 g/mol. The smallest absolute Gasteiger partial charge is 0.379 e. The van der Waals surface area contributed by atoms with Crippen LogP contribution in [0.1, 0.15) is 36.7 Å². The first-order chi connectivity index (χ1) is 9.34. The van der Waals surface area contributed by atoms with Gasteiger partial charge in [0.25, 0.3) is 5.78 Å². The van der Waals surface area contributed by atoms with Crippen molar-refractivity contribution in [3.8, 4) is 11.5 Å². The van der Waals surface area contributed by atoms with Crippen molar-refractivity contribution in [3.05, 3.63) is 23.3 Å². The van der Waals surface area contributed by atoms with E-state index in [1.165, 1.54) is 26.0 Å². The molecule has 1 heterocycles. The van der Waals surface area contributed by atoms with Crippen LogP contribution >= 0.6 is 0 Å². The van der Waals surface area contributed by atoms with Crippen molar-refractivity contribution < 1.29 is 28.2 Å². The molecular weight excluding hydrogens is 267 g/mol. The van der Waals surface area contributed by atoms with Crippen molar-refractivity contribution in [1.29, 1.82) is 0 Å². The van der Waals surface area contributed by atoms with Gasteiger partial charge in [-0.25, -0.2) is 9.18 Å². The van der Waals surface area contributed by atoms with Gasteiger partial charge in [-0.2, -0.15) is 0 Å². The lowest BCUT2D eigenvalue weighted by molar-refractivity contribution is -0.137. The van der Waals surface area contributed by atoms with Gasteiger partial charge in [0.1, 0.15) is 5.67 Å². The third kappa shape index (κ3) is 2.59. The minimum absolute atomic E-state index is 0.0424. The number of Topliss-reactive ketones (excluding diaryl/α,β-unsaturated/α-hetero) is 1. The molecule has 0 radical (unpaired) electrons. The van der Waals surface area contributed by atoms with Crippen LogP contribution in [0.4, 0.5) is 4.39 Å². The summed E-state index contributed by atoms with van der Waals surface area (Å²) >= 11 is 0. The number of esters is 1. The van der Waals surface area contributed by atoms with E-state index in [1.54, 1.807) is 6.92 Å². The van der Waals surface area contributed by atoms with Crippen LogP contribution in [0.3, 0.4) is 0 Å². The topological polar surface area (TPSA) is 61.8 Å². The van der Waals surface area contributed by atoms with E-state index in [1.807, 2.05) is 0 Å². The highest BCUT2D eigenvalue weighted by molar-refractivity contribution is 6.41. The van der Waals surface area contributed by atoms with Crippen LogP contribution in [0.2, 0.25) is 0 Å². The summed E-state index contributed by atoms with van der Waals surface area (Å²) in [6.45, 7) is 4.30. The first-order valence-electron chi connectivity index (χ1n) is 6.19. The van der Waals surface area contributed by atoms with Gasteiger partial charge >= 0.3 is 5.97 Å². The lowest BCUT2D eigenvalue weighted by Crippen LogP contribution is -2.19. The SMILES string of the molecule is CCOC(=O)C(=O)c1cc(C(C)(C)F)cc2c1OCO2. The molecule has 5 nitrogen and oxygen atoms in total. The molecular formula is C14H15FO5. The third-order valence-electron chi connectivity index (χ3n) is 2.86. The molecule has 1 aliphatic rings. The largest absolute Gasteiger partial charge is 0.460 e. The fourth-order valence-electron chi connectivity index (χ4n) is 1.83. The van der Waals surface area contributed by atoms with Crippen molar-refractivity contribution in [3.63, 3.8) is 0 Å². The second-order valence-electron chi connectivity index (χ2n) is 4.78. The average molecular weight is 282 g/mol. The van der Waals surface area contributed by atoms with Crippen LogP contribution in [0.5, 0.6) is 11.5 Å². The molecule has 0 unspecified atom stereocenters. The molecule has 1 aliphatic heterocycles. The zero-order chi connectivity index (χ0) is 14.9. The summed E-state index contributed by atoms with van der Waals surface area (Å²) in [5.74, 6) is -1.48. The Kier molecular flexibility index (Phi) is 3.65. The maximum absolute atomic E-state index is 14.1. The normalized spacial score (nSPS) is 13.2. The molecule has 6 heteroatoms. The van der Waals surface area contributed by atoms with Gasteiger partial charge in [0.05, 0.1) is 12.2 Å². The maximum Gasteiger partial charge on any atom is 0.379 e. The molecule has 2 rings (SSSR count). The van der Waals surface area contributed by atoms with Gasteiger partial charge < -0.3 is 14.2 Å². The number of fused-ring (bicyclic) bond motifs is 1. The number of ketones is 1. The molecule has 0 bridgehead atoms. The number of carbonyl (C=O) groups is 2. The molecule has 0 fully saturated rings. The molecule has 20 heavy (non-hydrogen) atoms. The van der Waals surface area contributed by atoms with Crippen LogP contribution in [-0.2, 0) is 15.2 Å². The van der Waals surface area contributed by atoms with E-state index >= 15 is 0 Å². The number of alkyl halides is 1. The Morgan fingerprint density at radius 1 is 1.35 bits per heavy atom. The Labute approximate surface area is 115 Å². The van der Waals surface area contributed by atoms with E-state index in [0.717, 1.165) is 0 Å². The second-order valence-corrected chi connectivity index (χ2v) is 4.78. The quantitative estimate of drug-likeness (QED) is 0.482. The van der Waals surface area contributed by atoms with Gasteiger partial charge in [0.15, 0.2) is 11.5 Å². The molecule has 1 aromatic carbocycles. The minimum atomic E-state index is -1.68. The predicted octanol–water partition coefficient (Wildman–Crippen LogP) is 2.37. The predicted molar refractivity (Wildman–Crippen MR) is 67.7 cm³/mol. The summed E-state index contributed by atoms with van der Waals surface area (Å²) in [6.07, 6.45) is 0. The van der Waals surface area contributed by atoms with Gasteiger partial charge in [-0.05, 0) is 38.5 Å². The average Bonchev–Trinajstić information content (AvgIpc) is 2.84. The Hall–Kier alpha value is -2.11. The minimum Gasteiger partial charge on any atom is -0.460 e. The lowest BCUT2D eigenvalue weighted by Gasteiger charge is -2.16. The second kappa shape index (κ2) is 5.11. The van der Waals surface area contributed by atoms with Crippen molar-refractivity contribution in [2.75, 3.05) is 13.4 Å². The Morgan fingerprint density at radius 2 is 2.05 bits per heavy atom. The van der Waals surface area contributed by atoms with Gasteiger partial charge in [-0.15, -0.1) is 0 Å². The Bertz CT molecular complexity index is 559. The summed E-state index contributed by atoms with van der Waals surface area (Å²) in [5.41, 5.74) is -1.49. The van der Waals surface area contributed by atoms with Gasteiger partial charge in [-0.1, -0.05) is 0 Å². The molecule has 0 aromatic heterocycles. The number of rotatable bonds is 4. The van der Waals surface area contributed by atoms with E-state index in [0.29, 0.717) is 0 Å². The molecule has 0 amide bonds. The highest BCUT2D eigenvalue weighted by Gasteiger charge is 2.31. The fourth-order valence-corrected chi connectivity index (χ4v) is 1.83. The van der Waals surface area contributed by atoms with Gasteiger partial charge in [-0.3, -0.25) is 4.79 Å². The molecule has 0 saturated carbocycles. The third-order valence-corrected chi connectivity index (χ3v) is 2.86. The molecule has 0 atom stereocenters. The van der Waals surface area contributed by atoms with Crippen LogP contribution in [0, 0.1) is 0 Å². The molecule has 0 saturated heterocycles. The highest BCUT2D eigenvalue weighted by atomic mass is 19.1. The lowest BCUT2D eigenvalue weighted by atomic mass is 9.95. The van der Waals surface area contributed by atoms with Crippen LogP contribution < -0.4 is 9.47 Å². The summed E-state index contributed by atoms with van der Waals surface area (Å²) < 4.78 is 29.1. The first-order valence-corrected chi connectivity index (χ1v) is 6.19. The van der Waals surface area contributed by atoms with Crippen molar-refractivity contribution in [2.45, 2.75) is 26.4 Å².